The summed E-state index contributed by atoms with van der Waals surface area (Å²) in [4.78, 5) is 17.6. The van der Waals surface area contributed by atoms with Gasteiger partial charge >= 0.3 is 0 Å². The number of nitrogens with zero attached hydrogens (tertiary/aromatic N) is 2. The van der Waals surface area contributed by atoms with Gasteiger partial charge in [0.15, 0.2) is 5.13 Å². The summed E-state index contributed by atoms with van der Waals surface area (Å²) in [6.07, 6.45) is 0. The number of nitrogens with one attached hydrogen (secondary N) is 1. The first-order chi connectivity index (χ1) is 6.99. The van der Waals surface area contributed by atoms with Gasteiger partial charge in [-0.15, -0.1) is 11.3 Å². The van der Waals surface area contributed by atoms with E-state index in [1.165, 1.54) is 11.3 Å². The number of carbonyl (C=O) groups is 1. The molecule has 0 fully saturated rings. The lowest BCUT2D eigenvalue weighted by Gasteiger charge is -2.07. The molecule has 0 atom stereocenters. The van der Waals surface area contributed by atoms with Crippen molar-refractivity contribution in [3.05, 3.63) is 11.1 Å². The van der Waals surface area contributed by atoms with Crippen LogP contribution in [0.1, 0.15) is 25.5 Å². The maximum absolute atomic E-state index is 11.4. The minimum atomic E-state index is -0.0235. The minimum absolute atomic E-state index is 0.0235. The van der Waals surface area contributed by atoms with E-state index >= 15 is 0 Å². The van der Waals surface area contributed by atoms with E-state index in [1.54, 1.807) is 0 Å². The average Bonchev–Trinajstić information content (AvgIpc) is 2.50. The molecular weight excluding hydrogens is 210 g/mol. The topological polar surface area (TPSA) is 45.2 Å². The van der Waals surface area contributed by atoms with Crippen LogP contribution >= 0.6 is 11.3 Å². The zero-order valence-corrected chi connectivity index (χ0v) is 10.4. The summed E-state index contributed by atoms with van der Waals surface area (Å²) in [5.41, 5.74) is 1.03. The number of rotatable bonds is 4. The normalized spacial score (nSPS) is 11.1. The fourth-order valence-corrected chi connectivity index (χ4v) is 1.94. The molecule has 0 bridgehead atoms. The Hall–Kier alpha value is -0.940. The van der Waals surface area contributed by atoms with Gasteiger partial charge in [0.2, 0.25) is 5.91 Å². The number of anilines is 1. The zero-order valence-electron chi connectivity index (χ0n) is 9.57. The third-order valence-corrected chi connectivity index (χ3v) is 2.60. The van der Waals surface area contributed by atoms with E-state index in [4.69, 9.17) is 0 Å². The molecule has 1 heterocycles. The van der Waals surface area contributed by atoms with E-state index < -0.39 is 0 Å². The van der Waals surface area contributed by atoms with E-state index in [1.807, 2.05) is 24.4 Å². The van der Waals surface area contributed by atoms with Gasteiger partial charge in [0, 0.05) is 5.38 Å². The van der Waals surface area contributed by atoms with Crippen LogP contribution in [0.3, 0.4) is 0 Å². The summed E-state index contributed by atoms with van der Waals surface area (Å²) >= 11 is 1.47. The average molecular weight is 227 g/mol. The van der Waals surface area contributed by atoms with E-state index in [0.29, 0.717) is 17.6 Å². The van der Waals surface area contributed by atoms with Gasteiger partial charge in [0.1, 0.15) is 0 Å². The second-order valence-corrected chi connectivity index (χ2v) is 4.88. The lowest BCUT2D eigenvalue weighted by molar-refractivity contribution is -0.116. The predicted molar refractivity (Wildman–Crippen MR) is 63.4 cm³/mol. The van der Waals surface area contributed by atoms with Crippen molar-refractivity contribution in [1.29, 1.82) is 0 Å². The number of thiazole rings is 1. The van der Waals surface area contributed by atoms with Crippen LogP contribution in [0.25, 0.3) is 0 Å². The highest BCUT2D eigenvalue weighted by atomic mass is 32.1. The van der Waals surface area contributed by atoms with Crippen LogP contribution in [0.15, 0.2) is 5.38 Å². The van der Waals surface area contributed by atoms with Gasteiger partial charge in [-0.2, -0.15) is 0 Å². The highest BCUT2D eigenvalue weighted by Gasteiger charge is 2.08. The second kappa shape index (κ2) is 5.23. The van der Waals surface area contributed by atoms with Gasteiger partial charge in [0.25, 0.3) is 0 Å². The number of likely N-dealkylation sites (N-methyl/N-ethyl adjacent to an activating group) is 1. The highest BCUT2D eigenvalue weighted by Crippen LogP contribution is 2.21. The SMILES string of the molecule is CC(C)c1csc(NC(=O)CN(C)C)n1. The first-order valence-corrected chi connectivity index (χ1v) is 5.77. The number of hydrogen-bond donors (Lipinski definition) is 1. The van der Waals surface area contributed by atoms with Crippen LogP contribution in [0.5, 0.6) is 0 Å². The second-order valence-electron chi connectivity index (χ2n) is 4.02. The molecule has 84 valence electrons. The molecule has 0 aromatic carbocycles. The van der Waals surface area contributed by atoms with Crippen molar-refractivity contribution < 1.29 is 4.79 Å². The number of amides is 1. The third kappa shape index (κ3) is 3.97. The maximum atomic E-state index is 11.4. The first-order valence-electron chi connectivity index (χ1n) is 4.89. The largest absolute Gasteiger partial charge is 0.301 e. The molecule has 0 aliphatic rings. The molecule has 0 saturated carbocycles. The van der Waals surface area contributed by atoms with Crippen molar-refractivity contribution in [1.82, 2.24) is 9.88 Å². The summed E-state index contributed by atoms with van der Waals surface area (Å²) in [6, 6.07) is 0. The maximum Gasteiger partial charge on any atom is 0.240 e. The highest BCUT2D eigenvalue weighted by molar-refractivity contribution is 7.13. The van der Waals surface area contributed by atoms with Gasteiger partial charge < -0.3 is 10.2 Å². The Bertz CT molecular complexity index is 333. The van der Waals surface area contributed by atoms with Crippen molar-refractivity contribution in [2.45, 2.75) is 19.8 Å². The number of aromatic nitrogens is 1. The summed E-state index contributed by atoms with van der Waals surface area (Å²) in [5, 5.41) is 5.44. The lowest BCUT2D eigenvalue weighted by atomic mass is 10.2. The zero-order chi connectivity index (χ0) is 11.4. The van der Waals surface area contributed by atoms with Crippen LogP contribution in [0, 0.1) is 0 Å². The van der Waals surface area contributed by atoms with Crippen molar-refractivity contribution in [3.63, 3.8) is 0 Å². The Kier molecular flexibility index (Phi) is 4.23. The summed E-state index contributed by atoms with van der Waals surface area (Å²) in [7, 11) is 3.72. The lowest BCUT2D eigenvalue weighted by Crippen LogP contribution is -2.27. The standard InChI is InChI=1S/C10H17N3OS/c1-7(2)8-6-15-10(11-8)12-9(14)5-13(3)4/h6-7H,5H2,1-4H3,(H,11,12,14). The molecule has 0 unspecified atom stereocenters. The van der Waals surface area contributed by atoms with E-state index in [9.17, 15) is 4.79 Å². The van der Waals surface area contributed by atoms with Gasteiger partial charge in [-0.1, -0.05) is 13.8 Å². The molecular formula is C10H17N3OS. The van der Waals surface area contributed by atoms with Gasteiger partial charge in [0.05, 0.1) is 12.2 Å². The molecule has 0 aliphatic carbocycles. The van der Waals surface area contributed by atoms with Crippen LogP contribution < -0.4 is 5.32 Å². The van der Waals surface area contributed by atoms with Gasteiger partial charge in [-0.25, -0.2) is 4.98 Å². The van der Waals surface area contributed by atoms with Crippen LogP contribution in [0.2, 0.25) is 0 Å². The van der Waals surface area contributed by atoms with Crippen LogP contribution in [-0.4, -0.2) is 36.4 Å². The molecule has 1 N–H and O–H groups in total. The van der Waals surface area contributed by atoms with Crippen LogP contribution in [0.4, 0.5) is 5.13 Å². The molecule has 15 heavy (non-hydrogen) atoms. The van der Waals surface area contributed by atoms with Crippen molar-refractivity contribution >= 4 is 22.4 Å². The molecule has 0 spiro atoms. The minimum Gasteiger partial charge on any atom is -0.301 e. The monoisotopic (exact) mass is 227 g/mol. The van der Waals surface area contributed by atoms with Gasteiger partial charge in [-0.3, -0.25) is 4.79 Å². The fraction of sp³-hybridized carbons (Fsp3) is 0.600. The Balaban J connectivity index is 2.53. The van der Waals surface area contributed by atoms with E-state index in [0.717, 1.165) is 5.69 Å². The molecule has 0 saturated heterocycles. The number of hydrogen-bond acceptors (Lipinski definition) is 4. The molecule has 1 aromatic heterocycles. The number of carbonyl (C=O) groups excluding carboxylic acids is 1. The molecule has 0 aliphatic heterocycles. The summed E-state index contributed by atoms with van der Waals surface area (Å²) in [6.45, 7) is 4.55. The van der Waals surface area contributed by atoms with Crippen molar-refractivity contribution in [2.75, 3.05) is 26.0 Å². The smallest absolute Gasteiger partial charge is 0.240 e. The molecule has 5 heteroatoms. The summed E-state index contributed by atoms with van der Waals surface area (Å²) < 4.78 is 0. The fourth-order valence-electron chi connectivity index (χ4n) is 1.05. The Morgan fingerprint density at radius 2 is 2.27 bits per heavy atom. The molecule has 4 nitrogen and oxygen atoms in total. The van der Waals surface area contributed by atoms with Gasteiger partial charge in [-0.05, 0) is 20.0 Å². The van der Waals surface area contributed by atoms with Crippen LogP contribution in [-0.2, 0) is 4.79 Å². The van der Waals surface area contributed by atoms with E-state index in [2.05, 4.69) is 24.1 Å². The van der Waals surface area contributed by atoms with E-state index in [-0.39, 0.29) is 5.91 Å². The Labute approximate surface area is 94.3 Å². The Morgan fingerprint density at radius 1 is 1.60 bits per heavy atom. The first kappa shape index (κ1) is 12.1. The molecule has 1 amide bonds. The quantitative estimate of drug-likeness (QED) is 0.852. The third-order valence-electron chi connectivity index (χ3n) is 1.82. The Morgan fingerprint density at radius 3 is 2.73 bits per heavy atom. The van der Waals surface area contributed by atoms with Crippen molar-refractivity contribution in [2.24, 2.45) is 0 Å². The molecule has 0 radical (unpaired) electrons. The predicted octanol–water partition coefficient (Wildman–Crippen LogP) is 1.77. The summed E-state index contributed by atoms with van der Waals surface area (Å²) in [5.74, 6) is 0.380. The molecule has 1 aromatic rings. The van der Waals surface area contributed by atoms with Crippen molar-refractivity contribution in [3.8, 4) is 0 Å². The molecule has 1 rings (SSSR count).